The quantitative estimate of drug-likeness (QED) is 0.870. The molecule has 0 atom stereocenters. The van der Waals surface area contributed by atoms with Crippen molar-refractivity contribution in [3.8, 4) is 0 Å². The van der Waals surface area contributed by atoms with Gasteiger partial charge < -0.3 is 15.1 Å². The highest BCUT2D eigenvalue weighted by atomic mass is 35.5. The number of nitrogens with one attached hydrogen (secondary N) is 1. The first-order valence-electron chi connectivity index (χ1n) is 8.07. The predicted molar refractivity (Wildman–Crippen MR) is 92.3 cm³/mol. The standard InChI is InChI=1S/C17H28ClN3/c1-4-20-8-10-21(11-9-20)17-15(6-5-7-16(17)18)13-19-12-14(2)3/h5-7,14,19H,4,8-13H2,1-3H3. The lowest BCUT2D eigenvalue weighted by Gasteiger charge is -2.37. The largest absolute Gasteiger partial charge is 0.368 e. The maximum atomic E-state index is 6.49. The van der Waals surface area contributed by atoms with E-state index in [4.69, 9.17) is 11.6 Å². The fraction of sp³-hybridized carbons (Fsp3) is 0.647. The maximum Gasteiger partial charge on any atom is 0.0642 e. The van der Waals surface area contributed by atoms with Gasteiger partial charge in [0.2, 0.25) is 0 Å². The van der Waals surface area contributed by atoms with Crippen LogP contribution in [0.5, 0.6) is 0 Å². The molecule has 3 nitrogen and oxygen atoms in total. The van der Waals surface area contributed by atoms with E-state index >= 15 is 0 Å². The van der Waals surface area contributed by atoms with Gasteiger partial charge in [-0.25, -0.2) is 0 Å². The molecule has 21 heavy (non-hydrogen) atoms. The molecular weight excluding hydrogens is 282 g/mol. The number of nitrogens with zero attached hydrogens (tertiary/aromatic N) is 2. The van der Waals surface area contributed by atoms with Gasteiger partial charge in [-0.2, -0.15) is 0 Å². The van der Waals surface area contributed by atoms with Gasteiger partial charge in [0.1, 0.15) is 0 Å². The molecule has 1 aromatic rings. The summed E-state index contributed by atoms with van der Waals surface area (Å²) in [5.74, 6) is 0.667. The topological polar surface area (TPSA) is 18.5 Å². The van der Waals surface area contributed by atoms with E-state index in [1.54, 1.807) is 0 Å². The zero-order valence-corrected chi connectivity index (χ0v) is 14.3. The average molecular weight is 310 g/mol. The second-order valence-electron chi connectivity index (χ2n) is 6.19. The molecule has 1 aliphatic rings. The van der Waals surface area contributed by atoms with Crippen molar-refractivity contribution in [2.45, 2.75) is 27.3 Å². The molecule has 2 rings (SSSR count). The van der Waals surface area contributed by atoms with Gasteiger partial charge in [-0.1, -0.05) is 44.5 Å². The zero-order chi connectivity index (χ0) is 15.2. The second-order valence-corrected chi connectivity index (χ2v) is 6.60. The van der Waals surface area contributed by atoms with Crippen LogP contribution < -0.4 is 10.2 Å². The van der Waals surface area contributed by atoms with E-state index in [2.05, 4.69) is 48.0 Å². The van der Waals surface area contributed by atoms with Crippen LogP contribution in [-0.2, 0) is 6.54 Å². The van der Waals surface area contributed by atoms with Crippen molar-refractivity contribution in [1.82, 2.24) is 10.2 Å². The molecule has 1 aromatic carbocycles. The second kappa shape index (κ2) is 8.02. The van der Waals surface area contributed by atoms with Gasteiger partial charge in [0.05, 0.1) is 10.7 Å². The van der Waals surface area contributed by atoms with Crippen LogP contribution >= 0.6 is 11.6 Å². The SMILES string of the molecule is CCN1CCN(c2c(Cl)cccc2CNCC(C)C)CC1. The van der Waals surface area contributed by atoms with Crippen molar-refractivity contribution < 1.29 is 0 Å². The Morgan fingerprint density at radius 3 is 2.52 bits per heavy atom. The first-order valence-corrected chi connectivity index (χ1v) is 8.45. The van der Waals surface area contributed by atoms with Crippen LogP contribution in [0.4, 0.5) is 5.69 Å². The number of halogens is 1. The highest BCUT2D eigenvalue weighted by Gasteiger charge is 2.20. The fourth-order valence-corrected chi connectivity index (χ4v) is 3.15. The lowest BCUT2D eigenvalue weighted by Crippen LogP contribution is -2.46. The number of para-hydroxylation sites is 1. The van der Waals surface area contributed by atoms with Crippen LogP contribution in [0, 0.1) is 5.92 Å². The Balaban J connectivity index is 2.07. The normalized spacial score (nSPS) is 16.7. The van der Waals surface area contributed by atoms with E-state index in [0.717, 1.165) is 50.8 Å². The molecule has 0 spiro atoms. The van der Waals surface area contributed by atoms with Crippen molar-refractivity contribution in [2.24, 2.45) is 5.92 Å². The number of likely N-dealkylation sites (N-methyl/N-ethyl adjacent to an activating group) is 1. The number of piperazine rings is 1. The summed E-state index contributed by atoms with van der Waals surface area (Å²) in [7, 11) is 0. The minimum absolute atomic E-state index is 0.667. The molecule has 1 fully saturated rings. The van der Waals surface area contributed by atoms with E-state index in [1.165, 1.54) is 11.3 Å². The van der Waals surface area contributed by atoms with Gasteiger partial charge in [-0.3, -0.25) is 0 Å². The predicted octanol–water partition coefficient (Wildman–Crippen LogP) is 3.23. The van der Waals surface area contributed by atoms with Crippen molar-refractivity contribution >= 4 is 17.3 Å². The van der Waals surface area contributed by atoms with Gasteiger partial charge in [-0.05, 0) is 30.6 Å². The van der Waals surface area contributed by atoms with Gasteiger partial charge in [0.15, 0.2) is 0 Å². The Bertz CT molecular complexity index is 440. The molecule has 1 heterocycles. The molecular formula is C17H28ClN3. The van der Waals surface area contributed by atoms with Crippen LogP contribution in [0.1, 0.15) is 26.3 Å². The van der Waals surface area contributed by atoms with Crippen molar-refractivity contribution in [3.05, 3.63) is 28.8 Å². The monoisotopic (exact) mass is 309 g/mol. The third-order valence-corrected chi connectivity index (χ3v) is 4.38. The van der Waals surface area contributed by atoms with Crippen LogP contribution in [-0.4, -0.2) is 44.2 Å². The molecule has 4 heteroatoms. The van der Waals surface area contributed by atoms with Gasteiger partial charge in [0, 0.05) is 32.7 Å². The summed E-state index contributed by atoms with van der Waals surface area (Å²) in [5.41, 5.74) is 2.54. The number of rotatable bonds is 6. The number of hydrogen-bond acceptors (Lipinski definition) is 3. The van der Waals surface area contributed by atoms with Gasteiger partial charge >= 0.3 is 0 Å². The first kappa shape index (κ1) is 16.6. The van der Waals surface area contributed by atoms with Gasteiger partial charge in [0.25, 0.3) is 0 Å². The number of hydrogen-bond donors (Lipinski definition) is 1. The van der Waals surface area contributed by atoms with Crippen LogP contribution in [0.15, 0.2) is 18.2 Å². The summed E-state index contributed by atoms with van der Waals surface area (Å²) in [5, 5.41) is 4.41. The molecule has 0 aliphatic carbocycles. The van der Waals surface area contributed by atoms with E-state index in [0.29, 0.717) is 5.92 Å². The minimum Gasteiger partial charge on any atom is -0.368 e. The highest BCUT2D eigenvalue weighted by Crippen LogP contribution is 2.30. The van der Waals surface area contributed by atoms with Crippen molar-refractivity contribution in [2.75, 3.05) is 44.2 Å². The number of anilines is 1. The summed E-state index contributed by atoms with van der Waals surface area (Å²) in [6.45, 7) is 14.1. The third-order valence-electron chi connectivity index (χ3n) is 4.07. The van der Waals surface area contributed by atoms with Crippen LogP contribution in [0.2, 0.25) is 5.02 Å². The molecule has 0 unspecified atom stereocenters. The molecule has 0 radical (unpaired) electrons. The lowest BCUT2D eigenvalue weighted by molar-refractivity contribution is 0.271. The highest BCUT2D eigenvalue weighted by molar-refractivity contribution is 6.33. The fourth-order valence-electron chi connectivity index (χ4n) is 2.84. The number of benzene rings is 1. The van der Waals surface area contributed by atoms with Crippen molar-refractivity contribution in [1.29, 1.82) is 0 Å². The van der Waals surface area contributed by atoms with Crippen molar-refractivity contribution in [3.63, 3.8) is 0 Å². The maximum absolute atomic E-state index is 6.49. The van der Waals surface area contributed by atoms with E-state index < -0.39 is 0 Å². The smallest absolute Gasteiger partial charge is 0.0642 e. The molecule has 0 aromatic heterocycles. The molecule has 1 aliphatic heterocycles. The molecule has 0 bridgehead atoms. The van der Waals surface area contributed by atoms with E-state index in [9.17, 15) is 0 Å². The summed E-state index contributed by atoms with van der Waals surface area (Å²) in [6, 6.07) is 6.26. The molecule has 0 saturated carbocycles. The average Bonchev–Trinajstić information content (AvgIpc) is 2.47. The van der Waals surface area contributed by atoms with Gasteiger partial charge in [-0.15, -0.1) is 0 Å². The minimum atomic E-state index is 0.667. The molecule has 1 N–H and O–H groups in total. The summed E-state index contributed by atoms with van der Waals surface area (Å²) >= 11 is 6.49. The molecule has 1 saturated heterocycles. The summed E-state index contributed by atoms with van der Waals surface area (Å²) < 4.78 is 0. The Morgan fingerprint density at radius 1 is 1.19 bits per heavy atom. The Hall–Kier alpha value is -0.770. The summed E-state index contributed by atoms with van der Waals surface area (Å²) in [4.78, 5) is 4.94. The third kappa shape index (κ3) is 4.60. The summed E-state index contributed by atoms with van der Waals surface area (Å²) in [6.07, 6.45) is 0. The molecule has 118 valence electrons. The van der Waals surface area contributed by atoms with Crippen LogP contribution in [0.25, 0.3) is 0 Å². The van der Waals surface area contributed by atoms with E-state index in [-0.39, 0.29) is 0 Å². The Labute approximate surface area is 134 Å². The zero-order valence-electron chi connectivity index (χ0n) is 13.5. The van der Waals surface area contributed by atoms with E-state index in [1.807, 2.05) is 6.07 Å². The molecule has 0 amide bonds. The Kier molecular flexibility index (Phi) is 6.34. The van der Waals surface area contributed by atoms with Crippen LogP contribution in [0.3, 0.4) is 0 Å². The Morgan fingerprint density at radius 2 is 1.90 bits per heavy atom. The first-order chi connectivity index (χ1) is 10.1. The lowest BCUT2D eigenvalue weighted by atomic mass is 10.1.